The van der Waals surface area contributed by atoms with E-state index in [1.807, 2.05) is 39.8 Å². The number of carboxylic acid groups (broad SMARTS) is 1. The molecule has 2 heterocycles. The topological polar surface area (TPSA) is 90.0 Å². The zero-order valence-corrected chi connectivity index (χ0v) is 17.6. The molecule has 2 aliphatic heterocycles. The van der Waals surface area contributed by atoms with Crippen LogP contribution in [0.4, 0.5) is 0 Å². The Labute approximate surface area is 171 Å². The highest BCUT2D eigenvalue weighted by atomic mass is 16.5. The number of nitrogens with zero attached hydrogens (tertiary/aromatic N) is 2. The third-order valence-electron chi connectivity index (χ3n) is 5.63. The molecule has 2 fully saturated rings. The zero-order valence-electron chi connectivity index (χ0n) is 17.6. The van der Waals surface area contributed by atoms with Gasteiger partial charge in [-0.15, -0.1) is 0 Å². The van der Waals surface area contributed by atoms with Crippen LogP contribution in [0.15, 0.2) is 24.3 Å². The molecule has 0 unspecified atom stereocenters. The summed E-state index contributed by atoms with van der Waals surface area (Å²) in [4.78, 5) is 40.6. The maximum absolute atomic E-state index is 13.2. The molecular formula is C22H29N2O5-. The largest absolute Gasteiger partial charge is 0.548 e. The lowest BCUT2D eigenvalue weighted by Crippen LogP contribution is -2.60. The Morgan fingerprint density at radius 1 is 1.14 bits per heavy atom. The van der Waals surface area contributed by atoms with Crippen molar-refractivity contribution in [3.05, 3.63) is 35.4 Å². The van der Waals surface area contributed by atoms with Crippen molar-refractivity contribution >= 4 is 17.8 Å². The van der Waals surface area contributed by atoms with E-state index >= 15 is 0 Å². The first-order valence-corrected chi connectivity index (χ1v) is 10.1. The molecule has 0 bridgehead atoms. The first kappa shape index (κ1) is 21.3. The zero-order chi connectivity index (χ0) is 21.4. The number of rotatable bonds is 3. The fourth-order valence-corrected chi connectivity index (χ4v) is 4.05. The summed E-state index contributed by atoms with van der Waals surface area (Å²) < 4.78 is 5.91. The van der Waals surface area contributed by atoms with Gasteiger partial charge < -0.3 is 19.5 Å². The lowest BCUT2D eigenvalue weighted by atomic mass is 9.90. The monoisotopic (exact) mass is 401 g/mol. The van der Waals surface area contributed by atoms with Crippen molar-refractivity contribution in [1.29, 1.82) is 0 Å². The van der Waals surface area contributed by atoms with Crippen molar-refractivity contribution < 1.29 is 24.2 Å². The molecular weight excluding hydrogens is 372 g/mol. The highest BCUT2D eigenvalue weighted by Gasteiger charge is 2.52. The second-order valence-corrected chi connectivity index (χ2v) is 9.25. The minimum Gasteiger partial charge on any atom is -0.548 e. The second kappa shape index (κ2) is 7.78. The summed E-state index contributed by atoms with van der Waals surface area (Å²) in [5, 5.41) is 11.7. The van der Waals surface area contributed by atoms with E-state index in [4.69, 9.17) is 4.74 Å². The van der Waals surface area contributed by atoms with Crippen LogP contribution in [-0.2, 0) is 14.3 Å². The molecule has 0 radical (unpaired) electrons. The molecule has 2 amide bonds. The minimum atomic E-state index is -1.33. The van der Waals surface area contributed by atoms with Crippen molar-refractivity contribution in [3.63, 3.8) is 0 Å². The number of piperidine rings is 1. The number of amides is 2. The molecule has 1 aromatic rings. The van der Waals surface area contributed by atoms with Gasteiger partial charge in [-0.3, -0.25) is 14.5 Å². The third-order valence-corrected chi connectivity index (χ3v) is 5.63. The molecule has 7 nitrogen and oxygen atoms in total. The van der Waals surface area contributed by atoms with E-state index in [1.54, 1.807) is 17.0 Å². The van der Waals surface area contributed by atoms with Crippen molar-refractivity contribution in [2.75, 3.05) is 19.7 Å². The fraction of sp³-hybridized carbons (Fsp3) is 0.591. The predicted octanol–water partition coefficient (Wildman–Crippen LogP) is 1.34. The Hall–Kier alpha value is -2.41. The summed E-state index contributed by atoms with van der Waals surface area (Å²) in [6.07, 6.45) is 1.20. The second-order valence-electron chi connectivity index (χ2n) is 9.25. The molecule has 2 saturated heterocycles. The van der Waals surface area contributed by atoms with Crippen LogP contribution in [0.25, 0.3) is 0 Å². The van der Waals surface area contributed by atoms with E-state index in [2.05, 4.69) is 0 Å². The molecule has 0 aliphatic carbocycles. The van der Waals surface area contributed by atoms with E-state index < -0.39 is 17.7 Å². The summed E-state index contributed by atoms with van der Waals surface area (Å²) in [5.74, 6) is -1.64. The number of ether oxygens (including phenoxy) is 1. The number of hydrogen-bond acceptors (Lipinski definition) is 5. The van der Waals surface area contributed by atoms with Gasteiger partial charge in [-0.2, -0.15) is 0 Å². The number of hydrogen-bond donors (Lipinski definition) is 0. The SMILES string of the molecule is Cc1ccc(C(=O)N2[C@H](C(=O)[O-])COC23CCN(C(=O)CC(C)(C)C)CC3)cc1. The number of benzene rings is 1. The maximum Gasteiger partial charge on any atom is 0.256 e. The molecule has 0 N–H and O–H groups in total. The van der Waals surface area contributed by atoms with E-state index in [-0.39, 0.29) is 23.8 Å². The van der Waals surface area contributed by atoms with Gasteiger partial charge >= 0.3 is 0 Å². The quantitative estimate of drug-likeness (QED) is 0.762. The molecule has 1 aromatic carbocycles. The van der Waals surface area contributed by atoms with Crippen LogP contribution in [0, 0.1) is 12.3 Å². The van der Waals surface area contributed by atoms with Crippen LogP contribution in [-0.4, -0.2) is 59.0 Å². The Morgan fingerprint density at radius 3 is 2.24 bits per heavy atom. The van der Waals surface area contributed by atoms with Gasteiger partial charge in [0.25, 0.3) is 5.91 Å². The predicted molar refractivity (Wildman–Crippen MR) is 105 cm³/mol. The van der Waals surface area contributed by atoms with Gasteiger partial charge in [0.15, 0.2) is 0 Å². The number of aryl methyl sites for hydroxylation is 1. The summed E-state index contributed by atoms with van der Waals surface area (Å²) in [6, 6.07) is 5.88. The lowest BCUT2D eigenvalue weighted by molar-refractivity contribution is -0.310. The number of carboxylic acids is 1. The molecule has 7 heteroatoms. The standard InChI is InChI=1S/C22H30N2O5/c1-15-5-7-16(8-6-15)19(26)24-17(20(27)28)14-29-22(24)9-11-23(12-10-22)18(25)13-21(2,3)4/h5-8,17H,9-14H2,1-4H3,(H,27,28)/p-1/t17-/m0/s1. The molecule has 1 atom stereocenters. The van der Waals surface area contributed by atoms with Crippen molar-refractivity contribution in [2.45, 2.75) is 58.7 Å². The van der Waals surface area contributed by atoms with Gasteiger partial charge in [0.2, 0.25) is 5.91 Å². The van der Waals surface area contributed by atoms with E-state index in [9.17, 15) is 19.5 Å². The van der Waals surface area contributed by atoms with Crippen molar-refractivity contribution in [1.82, 2.24) is 9.80 Å². The molecule has 0 aromatic heterocycles. The molecule has 158 valence electrons. The molecule has 29 heavy (non-hydrogen) atoms. The molecule has 2 aliphatic rings. The van der Waals surface area contributed by atoms with Gasteiger partial charge in [-0.25, -0.2) is 0 Å². The van der Waals surface area contributed by atoms with Crippen molar-refractivity contribution in [3.8, 4) is 0 Å². The first-order valence-electron chi connectivity index (χ1n) is 10.1. The minimum absolute atomic E-state index is 0.0678. The van der Waals surface area contributed by atoms with Crippen LogP contribution in [0.3, 0.4) is 0 Å². The van der Waals surface area contributed by atoms with Crippen LogP contribution >= 0.6 is 0 Å². The van der Waals surface area contributed by atoms with E-state index in [0.29, 0.717) is 37.9 Å². The summed E-state index contributed by atoms with van der Waals surface area (Å²) in [6.45, 7) is 8.71. The van der Waals surface area contributed by atoms with Crippen molar-refractivity contribution in [2.24, 2.45) is 5.41 Å². The van der Waals surface area contributed by atoms with Crippen LogP contribution in [0.5, 0.6) is 0 Å². The Bertz CT molecular complexity index is 788. The third kappa shape index (κ3) is 4.45. The van der Waals surface area contributed by atoms with Crippen LogP contribution in [0.1, 0.15) is 56.0 Å². The fourth-order valence-electron chi connectivity index (χ4n) is 4.05. The van der Waals surface area contributed by atoms with Gasteiger partial charge in [-0.1, -0.05) is 38.5 Å². The van der Waals surface area contributed by atoms with Gasteiger partial charge in [0, 0.05) is 37.9 Å². The van der Waals surface area contributed by atoms with Gasteiger partial charge in [0.1, 0.15) is 5.72 Å². The lowest BCUT2D eigenvalue weighted by Gasteiger charge is -2.45. The number of likely N-dealkylation sites (tertiary alicyclic amines) is 1. The number of carbonyl (C=O) groups is 3. The summed E-state index contributed by atoms with van der Waals surface area (Å²) >= 11 is 0. The highest BCUT2D eigenvalue weighted by molar-refractivity contribution is 5.97. The maximum atomic E-state index is 13.2. The molecule has 1 spiro atoms. The summed E-state index contributed by atoms with van der Waals surface area (Å²) in [7, 11) is 0. The Kier molecular flexibility index (Phi) is 5.72. The van der Waals surface area contributed by atoms with E-state index in [1.165, 1.54) is 4.90 Å². The number of aliphatic carboxylic acids is 1. The van der Waals surface area contributed by atoms with Crippen LogP contribution in [0.2, 0.25) is 0 Å². The number of carbonyl (C=O) groups excluding carboxylic acids is 3. The average Bonchev–Trinajstić information content (AvgIpc) is 3.00. The smallest absolute Gasteiger partial charge is 0.256 e. The van der Waals surface area contributed by atoms with Gasteiger partial charge in [0.05, 0.1) is 18.6 Å². The average molecular weight is 401 g/mol. The Morgan fingerprint density at radius 2 is 1.72 bits per heavy atom. The highest BCUT2D eigenvalue weighted by Crippen LogP contribution is 2.38. The first-order chi connectivity index (χ1) is 13.5. The normalized spacial score (nSPS) is 21.4. The van der Waals surface area contributed by atoms with Gasteiger partial charge in [-0.05, 0) is 24.5 Å². The molecule has 0 saturated carbocycles. The van der Waals surface area contributed by atoms with Crippen LogP contribution < -0.4 is 5.11 Å². The Balaban J connectivity index is 1.80. The van der Waals surface area contributed by atoms with E-state index in [0.717, 1.165) is 5.56 Å². The summed E-state index contributed by atoms with van der Waals surface area (Å²) in [5.41, 5.74) is 0.295. The molecule has 3 rings (SSSR count).